The van der Waals surface area contributed by atoms with Crippen molar-refractivity contribution in [1.29, 1.82) is 0 Å². The molecule has 0 unspecified atom stereocenters. The van der Waals surface area contributed by atoms with Gasteiger partial charge >= 0.3 is 6.03 Å². The summed E-state index contributed by atoms with van der Waals surface area (Å²) in [5.74, 6) is 0.214. The first-order valence-corrected chi connectivity index (χ1v) is 12.0. The van der Waals surface area contributed by atoms with Crippen molar-refractivity contribution >= 4 is 11.9 Å². The predicted octanol–water partition coefficient (Wildman–Crippen LogP) is 4.24. The van der Waals surface area contributed by atoms with Gasteiger partial charge in [0.15, 0.2) is 0 Å². The number of rotatable bonds is 4. The number of hydrogen-bond donors (Lipinski definition) is 1. The summed E-state index contributed by atoms with van der Waals surface area (Å²) in [5.41, 5.74) is 2.75. The third-order valence-electron chi connectivity index (χ3n) is 7.55. The average Bonchev–Trinajstić information content (AvgIpc) is 3.33. The number of likely N-dealkylation sites (tertiary alicyclic amines) is 2. The molecule has 1 saturated carbocycles. The van der Waals surface area contributed by atoms with E-state index in [9.17, 15) is 9.59 Å². The quantitative estimate of drug-likeness (QED) is 0.806. The third-order valence-corrected chi connectivity index (χ3v) is 7.55. The van der Waals surface area contributed by atoms with Crippen LogP contribution in [0.25, 0.3) is 0 Å². The molecule has 3 fully saturated rings. The number of nitrogens with one attached hydrogen (secondary N) is 1. The standard InChI is InChI=1S/C25H37N3O2/c1-20-8-7-9-22(18-20)25(12-3-2-4-13-25)19-26-23(29)21-10-16-28(17-11-21)24(30)27-14-5-6-15-27/h7-9,18,21H,2-6,10-17,19H2,1H3,(H,26,29). The molecule has 1 N–H and O–H groups in total. The minimum absolute atomic E-state index is 0.0331. The molecule has 3 amide bonds. The summed E-state index contributed by atoms with van der Waals surface area (Å²) in [6.45, 7) is 6.07. The van der Waals surface area contributed by atoms with Crippen LogP contribution in [0.5, 0.6) is 0 Å². The van der Waals surface area contributed by atoms with Crippen LogP contribution < -0.4 is 5.32 Å². The number of carbonyl (C=O) groups excluding carboxylic acids is 2. The van der Waals surface area contributed by atoms with Crippen LogP contribution in [0, 0.1) is 12.8 Å². The molecule has 2 saturated heterocycles. The molecule has 1 aromatic carbocycles. The summed E-state index contributed by atoms with van der Waals surface area (Å²) in [6, 6.07) is 9.02. The zero-order valence-corrected chi connectivity index (χ0v) is 18.5. The van der Waals surface area contributed by atoms with Crippen molar-refractivity contribution < 1.29 is 9.59 Å². The van der Waals surface area contributed by atoms with E-state index in [0.717, 1.165) is 58.2 Å². The fourth-order valence-electron chi connectivity index (χ4n) is 5.61. The zero-order chi connectivity index (χ0) is 21.0. The van der Waals surface area contributed by atoms with Crippen LogP contribution in [-0.2, 0) is 10.2 Å². The summed E-state index contributed by atoms with van der Waals surface area (Å²) in [4.78, 5) is 29.5. The van der Waals surface area contributed by atoms with E-state index in [0.29, 0.717) is 13.1 Å². The van der Waals surface area contributed by atoms with Crippen LogP contribution in [0.1, 0.15) is 68.9 Å². The lowest BCUT2D eigenvalue weighted by atomic mass is 9.69. The van der Waals surface area contributed by atoms with E-state index in [4.69, 9.17) is 0 Å². The lowest BCUT2D eigenvalue weighted by Gasteiger charge is -2.39. The van der Waals surface area contributed by atoms with Crippen molar-refractivity contribution in [3.63, 3.8) is 0 Å². The second-order valence-electron chi connectivity index (χ2n) is 9.67. The second-order valence-corrected chi connectivity index (χ2v) is 9.67. The van der Waals surface area contributed by atoms with E-state index in [1.807, 2.05) is 9.80 Å². The molecule has 0 aromatic heterocycles. The van der Waals surface area contributed by atoms with Gasteiger partial charge in [0.25, 0.3) is 0 Å². The Balaban J connectivity index is 1.32. The SMILES string of the molecule is Cc1cccc(C2(CNC(=O)C3CCN(C(=O)N4CCCC4)CC3)CCCCC2)c1. The largest absolute Gasteiger partial charge is 0.355 e. The van der Waals surface area contributed by atoms with E-state index in [2.05, 4.69) is 36.5 Å². The van der Waals surface area contributed by atoms with Gasteiger partial charge in [-0.1, -0.05) is 49.1 Å². The van der Waals surface area contributed by atoms with Gasteiger partial charge in [0.2, 0.25) is 5.91 Å². The summed E-state index contributed by atoms with van der Waals surface area (Å²) >= 11 is 0. The zero-order valence-electron chi connectivity index (χ0n) is 18.5. The highest BCUT2D eigenvalue weighted by Crippen LogP contribution is 2.39. The lowest BCUT2D eigenvalue weighted by Crippen LogP contribution is -2.49. The van der Waals surface area contributed by atoms with Crippen molar-refractivity contribution in [2.75, 3.05) is 32.7 Å². The van der Waals surface area contributed by atoms with Gasteiger partial charge in [0, 0.05) is 44.1 Å². The van der Waals surface area contributed by atoms with Crippen molar-refractivity contribution in [1.82, 2.24) is 15.1 Å². The molecule has 5 heteroatoms. The first-order chi connectivity index (χ1) is 14.6. The van der Waals surface area contributed by atoms with Crippen molar-refractivity contribution in [2.24, 2.45) is 5.92 Å². The maximum Gasteiger partial charge on any atom is 0.319 e. The van der Waals surface area contributed by atoms with Gasteiger partial charge in [0.1, 0.15) is 0 Å². The molecule has 2 heterocycles. The fraction of sp³-hybridized carbons (Fsp3) is 0.680. The first-order valence-electron chi connectivity index (χ1n) is 12.0. The van der Waals surface area contributed by atoms with Crippen LogP contribution in [0.3, 0.4) is 0 Å². The van der Waals surface area contributed by atoms with E-state index in [1.165, 1.54) is 30.4 Å². The predicted molar refractivity (Wildman–Crippen MR) is 119 cm³/mol. The molecule has 4 rings (SSSR count). The first kappa shape index (κ1) is 21.2. The van der Waals surface area contributed by atoms with Gasteiger partial charge in [-0.15, -0.1) is 0 Å². The maximum absolute atomic E-state index is 13.0. The molecule has 0 atom stereocenters. The van der Waals surface area contributed by atoms with Gasteiger partial charge < -0.3 is 15.1 Å². The van der Waals surface area contributed by atoms with Crippen LogP contribution >= 0.6 is 0 Å². The number of urea groups is 1. The molecule has 0 bridgehead atoms. The highest BCUT2D eigenvalue weighted by Gasteiger charge is 2.36. The molecular weight excluding hydrogens is 374 g/mol. The van der Waals surface area contributed by atoms with E-state index >= 15 is 0 Å². The molecule has 0 spiro atoms. The molecule has 164 valence electrons. The molecule has 0 radical (unpaired) electrons. The third kappa shape index (κ3) is 4.65. The molecule has 5 nitrogen and oxygen atoms in total. The van der Waals surface area contributed by atoms with Gasteiger partial charge in [-0.3, -0.25) is 4.79 Å². The Morgan fingerprint density at radius 1 is 0.967 bits per heavy atom. The summed E-state index contributed by atoms with van der Waals surface area (Å²) in [6.07, 6.45) is 9.87. The van der Waals surface area contributed by atoms with Gasteiger partial charge in [-0.2, -0.15) is 0 Å². The molecule has 1 aliphatic carbocycles. The number of aryl methyl sites for hydroxylation is 1. The van der Waals surface area contributed by atoms with Gasteiger partial charge in [-0.05, 0) is 51.0 Å². The second kappa shape index (κ2) is 9.40. The smallest absolute Gasteiger partial charge is 0.319 e. The fourth-order valence-corrected chi connectivity index (χ4v) is 5.61. The van der Waals surface area contributed by atoms with E-state index in [-0.39, 0.29) is 23.3 Å². The minimum Gasteiger partial charge on any atom is -0.355 e. The Labute approximate surface area is 181 Å². The maximum atomic E-state index is 13.0. The van der Waals surface area contributed by atoms with Crippen LogP contribution in [0.4, 0.5) is 4.79 Å². The molecule has 2 aliphatic heterocycles. The normalized spacial score (nSPS) is 22.2. The van der Waals surface area contributed by atoms with E-state index < -0.39 is 0 Å². The Morgan fingerprint density at radius 2 is 1.63 bits per heavy atom. The molecule has 30 heavy (non-hydrogen) atoms. The Morgan fingerprint density at radius 3 is 2.30 bits per heavy atom. The number of hydrogen-bond acceptors (Lipinski definition) is 2. The highest BCUT2D eigenvalue weighted by molar-refractivity contribution is 5.80. The molecule has 3 aliphatic rings. The van der Waals surface area contributed by atoms with Crippen LogP contribution in [-0.4, -0.2) is 54.5 Å². The number of piperidine rings is 1. The Bertz CT molecular complexity index is 743. The van der Waals surface area contributed by atoms with Crippen molar-refractivity contribution in [2.45, 2.75) is 70.1 Å². The highest BCUT2D eigenvalue weighted by atomic mass is 16.2. The number of benzene rings is 1. The minimum atomic E-state index is 0.0331. The van der Waals surface area contributed by atoms with Crippen LogP contribution in [0.15, 0.2) is 24.3 Å². The summed E-state index contributed by atoms with van der Waals surface area (Å²) < 4.78 is 0. The van der Waals surface area contributed by atoms with Crippen LogP contribution in [0.2, 0.25) is 0 Å². The average molecular weight is 412 g/mol. The topological polar surface area (TPSA) is 52.7 Å². The van der Waals surface area contributed by atoms with Crippen molar-refractivity contribution in [3.05, 3.63) is 35.4 Å². The number of nitrogens with zero attached hydrogens (tertiary/aromatic N) is 2. The van der Waals surface area contributed by atoms with Crippen molar-refractivity contribution in [3.8, 4) is 0 Å². The van der Waals surface area contributed by atoms with E-state index in [1.54, 1.807) is 0 Å². The summed E-state index contributed by atoms with van der Waals surface area (Å²) in [5, 5.41) is 3.33. The number of carbonyl (C=O) groups is 2. The summed E-state index contributed by atoms with van der Waals surface area (Å²) in [7, 11) is 0. The Kier molecular flexibility index (Phi) is 6.64. The monoisotopic (exact) mass is 411 g/mol. The van der Waals surface area contributed by atoms with Gasteiger partial charge in [0.05, 0.1) is 0 Å². The molecular formula is C25H37N3O2. The number of amides is 3. The lowest BCUT2D eigenvalue weighted by molar-refractivity contribution is -0.126. The Hall–Kier alpha value is -2.04. The van der Waals surface area contributed by atoms with Gasteiger partial charge in [-0.25, -0.2) is 4.79 Å². The molecule has 1 aromatic rings.